The molecule has 0 spiro atoms. The van der Waals surface area contributed by atoms with Gasteiger partial charge in [-0.25, -0.2) is 8.78 Å². The fourth-order valence-corrected chi connectivity index (χ4v) is 3.43. The van der Waals surface area contributed by atoms with Crippen LogP contribution in [0.1, 0.15) is 34.9 Å². The largest absolute Gasteiger partial charge is 0.497 e. The number of rotatable bonds is 4. The lowest BCUT2D eigenvalue weighted by molar-refractivity contribution is 0.0710. The number of halogens is 2. The number of carbonyl (C=O) groups is 1. The van der Waals surface area contributed by atoms with E-state index >= 15 is 0 Å². The van der Waals surface area contributed by atoms with Crippen LogP contribution in [0.5, 0.6) is 5.75 Å². The van der Waals surface area contributed by atoms with E-state index in [4.69, 9.17) is 9.26 Å². The first-order valence-corrected chi connectivity index (χ1v) is 9.27. The number of hydrogen-bond donors (Lipinski definition) is 0. The number of hydrogen-bond acceptors (Lipinski definition) is 5. The number of nitrogens with zero attached hydrogens (tertiary/aromatic N) is 3. The summed E-state index contributed by atoms with van der Waals surface area (Å²) >= 11 is 0. The van der Waals surface area contributed by atoms with Crippen LogP contribution >= 0.6 is 0 Å². The first-order chi connectivity index (χ1) is 14.0. The zero-order valence-corrected chi connectivity index (χ0v) is 15.8. The van der Waals surface area contributed by atoms with Crippen LogP contribution in [0.2, 0.25) is 0 Å². The topological polar surface area (TPSA) is 68.5 Å². The number of methoxy groups -OCH3 is 1. The highest BCUT2D eigenvalue weighted by Gasteiger charge is 2.28. The number of piperidine rings is 1. The van der Waals surface area contributed by atoms with E-state index in [1.54, 1.807) is 12.0 Å². The van der Waals surface area contributed by atoms with Gasteiger partial charge in [-0.05, 0) is 49.2 Å². The lowest BCUT2D eigenvalue weighted by Gasteiger charge is -2.30. The van der Waals surface area contributed by atoms with Crippen LogP contribution in [-0.4, -0.2) is 41.1 Å². The van der Waals surface area contributed by atoms with Crippen LogP contribution in [0.3, 0.4) is 0 Å². The number of benzene rings is 2. The summed E-state index contributed by atoms with van der Waals surface area (Å²) in [6.07, 6.45) is 1.32. The van der Waals surface area contributed by atoms with E-state index in [0.29, 0.717) is 43.4 Å². The fourth-order valence-electron chi connectivity index (χ4n) is 3.43. The molecule has 29 heavy (non-hydrogen) atoms. The summed E-state index contributed by atoms with van der Waals surface area (Å²) in [4.78, 5) is 18.7. The standard InChI is InChI=1S/C21H19F2N3O3/c1-28-16-4-2-3-14(11-16)20-24-19(25-29-20)13-7-9-26(10-8-13)21(27)15-5-6-17(22)18(23)12-15/h2-6,11-13H,7-10H2,1H3. The minimum Gasteiger partial charge on any atom is -0.497 e. The van der Waals surface area contributed by atoms with Gasteiger partial charge in [0.2, 0.25) is 0 Å². The summed E-state index contributed by atoms with van der Waals surface area (Å²) in [5, 5.41) is 4.10. The molecule has 4 rings (SSSR count). The highest BCUT2D eigenvalue weighted by atomic mass is 19.2. The molecule has 8 heteroatoms. The minimum atomic E-state index is -1.03. The van der Waals surface area contributed by atoms with Crippen LogP contribution in [0, 0.1) is 11.6 Å². The van der Waals surface area contributed by atoms with Gasteiger partial charge < -0.3 is 14.2 Å². The summed E-state index contributed by atoms with van der Waals surface area (Å²) in [5.74, 6) is -0.528. The Hall–Kier alpha value is -3.29. The Morgan fingerprint density at radius 1 is 1.14 bits per heavy atom. The molecule has 0 saturated carbocycles. The third kappa shape index (κ3) is 3.96. The first-order valence-electron chi connectivity index (χ1n) is 9.27. The molecule has 1 aromatic heterocycles. The molecule has 0 aliphatic carbocycles. The van der Waals surface area contributed by atoms with Crippen molar-refractivity contribution in [3.05, 3.63) is 65.5 Å². The van der Waals surface area contributed by atoms with Gasteiger partial charge in [-0.1, -0.05) is 11.2 Å². The molecule has 1 amide bonds. The van der Waals surface area contributed by atoms with E-state index in [-0.39, 0.29) is 17.4 Å². The molecule has 1 saturated heterocycles. The Kier molecular flexibility index (Phi) is 5.24. The Bertz CT molecular complexity index is 1030. The molecular formula is C21H19F2N3O3. The van der Waals surface area contributed by atoms with Gasteiger partial charge in [0.1, 0.15) is 5.75 Å². The van der Waals surface area contributed by atoms with Crippen molar-refractivity contribution in [1.29, 1.82) is 0 Å². The number of amides is 1. The van der Waals surface area contributed by atoms with Crippen LogP contribution in [0.15, 0.2) is 47.0 Å². The molecule has 1 aliphatic heterocycles. The van der Waals surface area contributed by atoms with E-state index < -0.39 is 11.6 Å². The Morgan fingerprint density at radius 3 is 2.66 bits per heavy atom. The van der Waals surface area contributed by atoms with Crippen molar-refractivity contribution in [2.45, 2.75) is 18.8 Å². The smallest absolute Gasteiger partial charge is 0.258 e. The molecule has 1 fully saturated rings. The summed E-state index contributed by atoms with van der Waals surface area (Å²) in [7, 11) is 1.59. The fraction of sp³-hybridized carbons (Fsp3) is 0.286. The predicted octanol–water partition coefficient (Wildman–Crippen LogP) is 4.04. The van der Waals surface area contributed by atoms with E-state index in [2.05, 4.69) is 10.1 Å². The second kappa shape index (κ2) is 7.98. The van der Waals surface area contributed by atoms with Gasteiger partial charge in [0.25, 0.3) is 11.8 Å². The molecule has 2 aromatic carbocycles. The second-order valence-corrected chi connectivity index (χ2v) is 6.89. The van der Waals surface area contributed by atoms with Crippen LogP contribution in [0.4, 0.5) is 8.78 Å². The predicted molar refractivity (Wildman–Crippen MR) is 101 cm³/mol. The molecule has 0 bridgehead atoms. The summed E-state index contributed by atoms with van der Waals surface area (Å²) < 4.78 is 37.1. The lowest BCUT2D eigenvalue weighted by Crippen LogP contribution is -2.38. The Balaban J connectivity index is 1.41. The molecule has 1 aliphatic rings. The van der Waals surface area contributed by atoms with Gasteiger partial charge in [0.15, 0.2) is 17.5 Å². The highest BCUT2D eigenvalue weighted by molar-refractivity contribution is 5.94. The van der Waals surface area contributed by atoms with E-state index in [1.807, 2.05) is 24.3 Å². The Morgan fingerprint density at radius 2 is 1.93 bits per heavy atom. The van der Waals surface area contributed by atoms with Crippen molar-refractivity contribution in [2.24, 2.45) is 0 Å². The van der Waals surface area contributed by atoms with Crippen molar-refractivity contribution >= 4 is 5.91 Å². The van der Waals surface area contributed by atoms with Crippen molar-refractivity contribution in [2.75, 3.05) is 20.2 Å². The van der Waals surface area contributed by atoms with Gasteiger partial charge in [0, 0.05) is 30.1 Å². The molecule has 3 aromatic rings. The average Bonchev–Trinajstić information content (AvgIpc) is 3.26. The SMILES string of the molecule is COc1cccc(-c2nc(C3CCN(C(=O)c4ccc(F)c(F)c4)CC3)no2)c1. The molecule has 0 radical (unpaired) electrons. The normalized spacial score (nSPS) is 14.8. The third-order valence-electron chi connectivity index (χ3n) is 5.07. The number of likely N-dealkylation sites (tertiary alicyclic amines) is 1. The highest BCUT2D eigenvalue weighted by Crippen LogP contribution is 2.29. The number of aromatic nitrogens is 2. The van der Waals surface area contributed by atoms with Crippen molar-refractivity contribution in [3.63, 3.8) is 0 Å². The van der Waals surface area contributed by atoms with Crippen LogP contribution in [-0.2, 0) is 0 Å². The molecule has 150 valence electrons. The first kappa shape index (κ1) is 19.0. The maximum absolute atomic E-state index is 13.4. The molecule has 0 unspecified atom stereocenters. The van der Waals surface area contributed by atoms with Gasteiger partial charge in [-0.2, -0.15) is 4.98 Å². The van der Waals surface area contributed by atoms with Gasteiger partial charge in [0.05, 0.1) is 7.11 Å². The minimum absolute atomic E-state index is 0.0621. The summed E-state index contributed by atoms with van der Waals surface area (Å²) in [5.41, 5.74) is 0.913. The van der Waals surface area contributed by atoms with Crippen molar-refractivity contribution in [1.82, 2.24) is 15.0 Å². The van der Waals surface area contributed by atoms with Crippen molar-refractivity contribution < 1.29 is 22.8 Å². The maximum Gasteiger partial charge on any atom is 0.258 e. The Labute approximate surface area is 166 Å². The summed E-state index contributed by atoms with van der Waals surface area (Å²) in [6.45, 7) is 0.955. The van der Waals surface area contributed by atoms with Crippen molar-refractivity contribution in [3.8, 4) is 17.2 Å². The molecule has 0 N–H and O–H groups in total. The van der Waals surface area contributed by atoms with Gasteiger partial charge >= 0.3 is 0 Å². The lowest BCUT2D eigenvalue weighted by atomic mass is 9.95. The van der Waals surface area contributed by atoms with E-state index in [0.717, 1.165) is 17.7 Å². The molecular weight excluding hydrogens is 380 g/mol. The zero-order chi connectivity index (χ0) is 20.4. The number of ether oxygens (including phenoxy) is 1. The molecule has 6 nitrogen and oxygen atoms in total. The molecule has 2 heterocycles. The second-order valence-electron chi connectivity index (χ2n) is 6.89. The van der Waals surface area contributed by atoms with Gasteiger partial charge in [-0.15, -0.1) is 0 Å². The number of carbonyl (C=O) groups excluding carboxylic acids is 1. The third-order valence-corrected chi connectivity index (χ3v) is 5.07. The maximum atomic E-state index is 13.4. The molecule has 0 atom stereocenters. The monoisotopic (exact) mass is 399 g/mol. The van der Waals surface area contributed by atoms with E-state index in [1.165, 1.54) is 6.07 Å². The summed E-state index contributed by atoms with van der Waals surface area (Å²) in [6, 6.07) is 10.6. The zero-order valence-electron chi connectivity index (χ0n) is 15.8. The average molecular weight is 399 g/mol. The van der Waals surface area contributed by atoms with Crippen LogP contribution in [0.25, 0.3) is 11.5 Å². The van der Waals surface area contributed by atoms with Crippen LogP contribution < -0.4 is 4.74 Å². The van der Waals surface area contributed by atoms with E-state index in [9.17, 15) is 13.6 Å². The van der Waals surface area contributed by atoms with Gasteiger partial charge in [-0.3, -0.25) is 4.79 Å². The quantitative estimate of drug-likeness (QED) is 0.662.